The van der Waals surface area contributed by atoms with Gasteiger partial charge in [-0.1, -0.05) is 35.9 Å². The van der Waals surface area contributed by atoms with Gasteiger partial charge in [0.15, 0.2) is 0 Å². The first-order valence-electron chi connectivity index (χ1n) is 9.73. The van der Waals surface area contributed by atoms with Crippen LogP contribution in [0.25, 0.3) is 0 Å². The Hall–Kier alpha value is -3.64. The molecule has 0 bridgehead atoms. The van der Waals surface area contributed by atoms with Crippen molar-refractivity contribution in [2.75, 3.05) is 13.2 Å². The summed E-state index contributed by atoms with van der Waals surface area (Å²) in [6, 6.07) is 20.6. The molecule has 31 heavy (non-hydrogen) atoms. The maximum Gasteiger partial charge on any atom is 0.261 e. The summed E-state index contributed by atoms with van der Waals surface area (Å²) in [6.45, 7) is 0.735. The molecule has 0 saturated carbocycles. The van der Waals surface area contributed by atoms with Crippen molar-refractivity contribution in [3.05, 3.63) is 100 Å². The molecule has 0 unspecified atom stereocenters. The van der Waals surface area contributed by atoms with E-state index in [1.807, 2.05) is 0 Å². The lowest BCUT2D eigenvalue weighted by molar-refractivity contribution is 0.0642. The molecule has 0 saturated heterocycles. The van der Waals surface area contributed by atoms with E-state index in [1.165, 1.54) is 4.90 Å². The number of hydrogen-bond acceptors (Lipinski definition) is 4. The van der Waals surface area contributed by atoms with Gasteiger partial charge >= 0.3 is 0 Å². The first kappa shape index (κ1) is 20.6. The average molecular weight is 435 g/mol. The highest BCUT2D eigenvalue weighted by molar-refractivity contribution is 6.30. The number of halogens is 1. The Morgan fingerprint density at radius 3 is 2.26 bits per heavy atom. The molecule has 3 aromatic carbocycles. The minimum absolute atomic E-state index is 0.104. The summed E-state index contributed by atoms with van der Waals surface area (Å²) < 4.78 is 5.56. The number of nitrogens with zero attached hydrogens (tertiary/aromatic N) is 1. The Kier molecular flexibility index (Phi) is 6.00. The molecule has 1 aliphatic heterocycles. The SMILES string of the molecule is O=C(NCCOc1ccc(Cl)cc1)c1cccc(CN2C(=O)c3ccccc3C2=O)c1. The van der Waals surface area contributed by atoms with Gasteiger partial charge in [0.2, 0.25) is 0 Å². The maximum atomic E-state index is 12.5. The molecule has 6 nitrogen and oxygen atoms in total. The van der Waals surface area contributed by atoms with E-state index < -0.39 is 0 Å². The van der Waals surface area contributed by atoms with Crippen molar-refractivity contribution in [1.82, 2.24) is 10.2 Å². The van der Waals surface area contributed by atoms with Crippen molar-refractivity contribution in [3.63, 3.8) is 0 Å². The standard InChI is InChI=1S/C24H19ClN2O4/c25-18-8-10-19(11-9-18)31-13-12-26-22(28)17-5-3-4-16(14-17)15-27-23(29)20-6-1-2-7-21(20)24(27)30/h1-11,14H,12-13,15H2,(H,26,28). The van der Waals surface area contributed by atoms with Crippen LogP contribution in [0.5, 0.6) is 5.75 Å². The largest absolute Gasteiger partial charge is 0.492 e. The van der Waals surface area contributed by atoms with E-state index in [-0.39, 0.29) is 24.3 Å². The van der Waals surface area contributed by atoms with E-state index in [2.05, 4.69) is 5.32 Å². The van der Waals surface area contributed by atoms with E-state index in [1.54, 1.807) is 72.8 Å². The van der Waals surface area contributed by atoms with Crippen molar-refractivity contribution in [3.8, 4) is 5.75 Å². The van der Waals surface area contributed by atoms with Crippen LogP contribution in [0.2, 0.25) is 5.02 Å². The second-order valence-electron chi connectivity index (χ2n) is 7.00. The van der Waals surface area contributed by atoms with Crippen LogP contribution in [-0.2, 0) is 6.54 Å². The molecule has 0 aliphatic carbocycles. The number of amides is 3. The minimum Gasteiger partial charge on any atom is -0.492 e. The molecule has 1 N–H and O–H groups in total. The van der Waals surface area contributed by atoms with Crippen molar-refractivity contribution < 1.29 is 19.1 Å². The molecule has 0 fully saturated rings. The number of carbonyl (C=O) groups is 3. The number of hydrogen-bond donors (Lipinski definition) is 1. The summed E-state index contributed by atoms with van der Waals surface area (Å²) in [7, 11) is 0. The van der Waals surface area contributed by atoms with Crippen LogP contribution in [0, 0.1) is 0 Å². The molecular formula is C24H19ClN2O4. The third-order valence-corrected chi connectivity index (χ3v) is 5.13. The number of carbonyl (C=O) groups excluding carboxylic acids is 3. The summed E-state index contributed by atoms with van der Waals surface area (Å²) >= 11 is 5.84. The molecular weight excluding hydrogens is 416 g/mol. The van der Waals surface area contributed by atoms with Crippen LogP contribution < -0.4 is 10.1 Å². The fourth-order valence-electron chi connectivity index (χ4n) is 3.34. The number of rotatable bonds is 7. The van der Waals surface area contributed by atoms with E-state index in [9.17, 15) is 14.4 Å². The van der Waals surface area contributed by atoms with Crippen molar-refractivity contribution in [2.24, 2.45) is 0 Å². The summed E-state index contributed by atoms with van der Waals surface area (Å²) in [4.78, 5) is 38.8. The van der Waals surface area contributed by atoms with E-state index in [0.717, 1.165) is 0 Å². The molecule has 1 aliphatic rings. The molecule has 3 amide bonds. The highest BCUT2D eigenvalue weighted by atomic mass is 35.5. The molecule has 0 aromatic heterocycles. The molecule has 7 heteroatoms. The average Bonchev–Trinajstić information content (AvgIpc) is 3.03. The monoisotopic (exact) mass is 434 g/mol. The number of ether oxygens (including phenoxy) is 1. The number of fused-ring (bicyclic) bond motifs is 1. The quantitative estimate of drug-likeness (QED) is 0.451. The lowest BCUT2D eigenvalue weighted by Crippen LogP contribution is -2.30. The summed E-state index contributed by atoms with van der Waals surface area (Å²) in [5, 5.41) is 3.42. The molecule has 0 spiro atoms. The predicted octanol–water partition coefficient (Wildman–Crippen LogP) is 3.95. The van der Waals surface area contributed by atoms with E-state index in [4.69, 9.17) is 16.3 Å². The maximum absolute atomic E-state index is 12.5. The van der Waals surface area contributed by atoms with Crippen LogP contribution >= 0.6 is 11.6 Å². The van der Waals surface area contributed by atoms with Crippen molar-refractivity contribution >= 4 is 29.3 Å². The van der Waals surface area contributed by atoms with E-state index in [0.29, 0.717) is 46.2 Å². The van der Waals surface area contributed by atoms with Gasteiger partial charge in [-0.2, -0.15) is 0 Å². The van der Waals surface area contributed by atoms with Gasteiger partial charge in [-0.05, 0) is 54.1 Å². The number of nitrogens with one attached hydrogen (secondary N) is 1. The van der Waals surface area contributed by atoms with Gasteiger partial charge in [-0.25, -0.2) is 0 Å². The molecule has 0 radical (unpaired) electrons. The molecule has 156 valence electrons. The van der Waals surface area contributed by atoms with Crippen LogP contribution in [0.15, 0.2) is 72.8 Å². The topological polar surface area (TPSA) is 75.7 Å². The lowest BCUT2D eigenvalue weighted by atomic mass is 10.1. The fourth-order valence-corrected chi connectivity index (χ4v) is 3.47. The highest BCUT2D eigenvalue weighted by Gasteiger charge is 2.34. The van der Waals surface area contributed by atoms with Gasteiger partial charge in [0.25, 0.3) is 17.7 Å². The van der Waals surface area contributed by atoms with Crippen molar-refractivity contribution in [1.29, 1.82) is 0 Å². The second kappa shape index (κ2) is 9.02. The Balaban J connectivity index is 1.34. The van der Waals surface area contributed by atoms with E-state index >= 15 is 0 Å². The fraction of sp³-hybridized carbons (Fsp3) is 0.125. The Bertz CT molecular complexity index is 1110. The zero-order chi connectivity index (χ0) is 21.8. The van der Waals surface area contributed by atoms with Crippen LogP contribution in [0.4, 0.5) is 0 Å². The summed E-state index contributed by atoms with van der Waals surface area (Å²) in [5.41, 5.74) is 1.95. The molecule has 0 atom stereocenters. The molecule has 3 aromatic rings. The Labute approximate surface area is 184 Å². The first-order chi connectivity index (χ1) is 15.0. The first-order valence-corrected chi connectivity index (χ1v) is 10.1. The third-order valence-electron chi connectivity index (χ3n) is 4.88. The van der Waals surface area contributed by atoms with Crippen LogP contribution in [-0.4, -0.2) is 35.8 Å². The lowest BCUT2D eigenvalue weighted by Gasteiger charge is -2.14. The second-order valence-corrected chi connectivity index (χ2v) is 7.44. The van der Waals surface area contributed by atoms with Crippen LogP contribution in [0.3, 0.4) is 0 Å². The molecule has 1 heterocycles. The van der Waals surface area contributed by atoms with Gasteiger partial charge in [-0.3, -0.25) is 19.3 Å². The Morgan fingerprint density at radius 2 is 1.58 bits per heavy atom. The van der Waals surface area contributed by atoms with Gasteiger partial charge in [0.1, 0.15) is 12.4 Å². The van der Waals surface area contributed by atoms with Gasteiger partial charge in [0, 0.05) is 10.6 Å². The smallest absolute Gasteiger partial charge is 0.261 e. The number of imide groups is 1. The predicted molar refractivity (Wildman–Crippen MR) is 116 cm³/mol. The van der Waals surface area contributed by atoms with Crippen molar-refractivity contribution in [2.45, 2.75) is 6.54 Å². The highest BCUT2D eigenvalue weighted by Crippen LogP contribution is 2.24. The Morgan fingerprint density at radius 1 is 0.903 bits per heavy atom. The summed E-state index contributed by atoms with van der Waals surface area (Å²) in [6.07, 6.45) is 0. The minimum atomic E-state index is -0.324. The normalized spacial score (nSPS) is 12.6. The zero-order valence-corrected chi connectivity index (χ0v) is 17.3. The van der Waals surface area contributed by atoms with Gasteiger partial charge < -0.3 is 10.1 Å². The van der Waals surface area contributed by atoms with Gasteiger partial charge in [-0.15, -0.1) is 0 Å². The van der Waals surface area contributed by atoms with Crippen LogP contribution in [0.1, 0.15) is 36.6 Å². The number of benzene rings is 3. The van der Waals surface area contributed by atoms with Gasteiger partial charge in [0.05, 0.1) is 24.2 Å². The third kappa shape index (κ3) is 4.59. The zero-order valence-electron chi connectivity index (χ0n) is 16.5. The summed E-state index contributed by atoms with van der Waals surface area (Å²) in [5.74, 6) is -0.241. The molecule has 4 rings (SSSR count).